The Balaban J connectivity index is 1.27. The van der Waals surface area contributed by atoms with Crippen LogP contribution in [0.25, 0.3) is 6.08 Å². The minimum Gasteiger partial charge on any atom is -0.406 e. The summed E-state index contributed by atoms with van der Waals surface area (Å²) in [5.74, 6) is -1.02. The Morgan fingerprint density at radius 2 is 1.83 bits per heavy atom. The van der Waals surface area contributed by atoms with Gasteiger partial charge in [0.25, 0.3) is 5.91 Å². The Kier molecular flexibility index (Phi) is 9.01. The number of anilines is 1. The highest BCUT2D eigenvalue weighted by Gasteiger charge is 2.47. The van der Waals surface area contributed by atoms with E-state index >= 15 is 0 Å². The fourth-order valence-corrected chi connectivity index (χ4v) is 7.26. The van der Waals surface area contributed by atoms with E-state index in [1.165, 1.54) is 29.4 Å². The monoisotopic (exact) mass is 661 g/mol. The van der Waals surface area contributed by atoms with Crippen LogP contribution >= 0.6 is 0 Å². The van der Waals surface area contributed by atoms with E-state index in [1.807, 2.05) is 26.0 Å². The normalized spacial score (nSPS) is 20.3. The van der Waals surface area contributed by atoms with Crippen LogP contribution in [0.15, 0.2) is 46.8 Å². The first-order valence-electron chi connectivity index (χ1n) is 14.7. The lowest BCUT2D eigenvalue weighted by Gasteiger charge is -2.34. The van der Waals surface area contributed by atoms with Crippen LogP contribution in [0.3, 0.4) is 0 Å². The molecule has 0 unspecified atom stereocenters. The molecule has 0 bridgehead atoms. The molecule has 11 nitrogen and oxygen atoms in total. The van der Waals surface area contributed by atoms with E-state index in [4.69, 9.17) is 0 Å². The summed E-state index contributed by atoms with van der Waals surface area (Å²) in [6.07, 6.45) is -2.19. The summed E-state index contributed by atoms with van der Waals surface area (Å²) in [6, 6.07) is 8.59. The number of alkyl halides is 3. The van der Waals surface area contributed by atoms with Gasteiger partial charge in [0.05, 0.1) is 6.04 Å². The van der Waals surface area contributed by atoms with Gasteiger partial charge < -0.3 is 20.3 Å². The van der Waals surface area contributed by atoms with Gasteiger partial charge in [-0.25, -0.2) is 8.42 Å². The summed E-state index contributed by atoms with van der Waals surface area (Å²) in [4.78, 5) is 43.2. The van der Waals surface area contributed by atoms with Gasteiger partial charge in [-0.05, 0) is 80.1 Å². The number of hydrogen-bond donors (Lipinski definition) is 2. The molecular weight excluding hydrogens is 627 g/mol. The number of aliphatic imine (C=N–C) groups is 1. The fraction of sp³-hybridized carbons (Fsp3) is 0.419. The number of sulfonamides is 1. The lowest BCUT2D eigenvalue weighted by Crippen LogP contribution is -2.50. The van der Waals surface area contributed by atoms with Crippen LogP contribution in [0.2, 0.25) is 0 Å². The molecule has 3 amide bonds. The van der Waals surface area contributed by atoms with Gasteiger partial charge in [0.15, 0.2) is 0 Å². The Labute approximate surface area is 264 Å². The SMILES string of the molecule is CC(=O)NC[C@H]1CCC(=O)N1c1cc(C)c(/C=C/S(=O)(=O)N2CCC3(CC2)N=C(c2cccc(OC(F)(F)F)c2)NC3=O)c(C)c1. The maximum atomic E-state index is 13.3. The summed E-state index contributed by atoms with van der Waals surface area (Å²) in [6.45, 7) is 5.45. The first-order chi connectivity index (χ1) is 21.6. The smallest absolute Gasteiger partial charge is 0.406 e. The average molecular weight is 662 g/mol. The number of nitrogens with one attached hydrogen (secondary N) is 2. The average Bonchev–Trinajstić information content (AvgIpc) is 3.49. The quantitative estimate of drug-likeness (QED) is 0.444. The molecule has 2 N–H and O–H groups in total. The van der Waals surface area contributed by atoms with Crippen molar-refractivity contribution in [2.75, 3.05) is 24.5 Å². The highest BCUT2D eigenvalue weighted by Crippen LogP contribution is 2.34. The molecule has 3 heterocycles. The van der Waals surface area contributed by atoms with E-state index in [1.54, 1.807) is 4.90 Å². The van der Waals surface area contributed by atoms with Crippen molar-refractivity contribution in [2.24, 2.45) is 4.99 Å². The summed E-state index contributed by atoms with van der Waals surface area (Å²) >= 11 is 0. The van der Waals surface area contributed by atoms with Gasteiger partial charge in [0.1, 0.15) is 17.1 Å². The van der Waals surface area contributed by atoms with Crippen LogP contribution < -0.4 is 20.3 Å². The zero-order chi connectivity index (χ0) is 33.4. The van der Waals surface area contributed by atoms with Crippen LogP contribution in [0, 0.1) is 13.8 Å². The van der Waals surface area contributed by atoms with Crippen molar-refractivity contribution in [1.82, 2.24) is 14.9 Å². The Hall–Kier alpha value is -4.24. The Morgan fingerprint density at radius 1 is 1.15 bits per heavy atom. The highest BCUT2D eigenvalue weighted by atomic mass is 32.2. The van der Waals surface area contributed by atoms with Crippen LogP contribution in [0.1, 0.15) is 54.9 Å². The van der Waals surface area contributed by atoms with Crippen molar-refractivity contribution < 1.29 is 40.7 Å². The second kappa shape index (κ2) is 12.5. The molecule has 0 aromatic heterocycles. The number of benzene rings is 2. The number of aryl methyl sites for hydroxylation is 2. The van der Waals surface area contributed by atoms with Crippen LogP contribution in [0.5, 0.6) is 5.75 Å². The molecule has 246 valence electrons. The third-order valence-corrected chi connectivity index (χ3v) is 9.97. The van der Waals surface area contributed by atoms with Gasteiger partial charge in [0, 0.05) is 49.6 Å². The molecule has 1 atom stereocenters. The zero-order valence-corrected chi connectivity index (χ0v) is 26.3. The molecule has 0 radical (unpaired) electrons. The molecule has 1 spiro atoms. The van der Waals surface area contributed by atoms with Crippen molar-refractivity contribution in [1.29, 1.82) is 0 Å². The summed E-state index contributed by atoms with van der Waals surface area (Å²) < 4.78 is 69.8. The number of halogens is 3. The van der Waals surface area contributed by atoms with Gasteiger partial charge in [-0.2, -0.15) is 4.31 Å². The molecule has 2 fully saturated rings. The lowest BCUT2D eigenvalue weighted by atomic mass is 9.89. The first kappa shape index (κ1) is 33.1. The number of piperidine rings is 1. The molecule has 2 saturated heterocycles. The number of nitrogens with zero attached hydrogens (tertiary/aromatic N) is 3. The van der Waals surface area contributed by atoms with Gasteiger partial charge in [-0.15, -0.1) is 13.2 Å². The molecular formula is C31H34F3N5O6S. The number of carbonyl (C=O) groups excluding carboxylic acids is 3. The molecule has 2 aromatic carbocycles. The summed E-state index contributed by atoms with van der Waals surface area (Å²) in [7, 11) is -3.88. The number of hydrogen-bond acceptors (Lipinski definition) is 7. The minimum absolute atomic E-state index is 0.0117. The largest absolute Gasteiger partial charge is 0.573 e. The lowest BCUT2D eigenvalue weighted by molar-refractivity contribution is -0.274. The number of ether oxygens (including phenoxy) is 1. The molecule has 5 rings (SSSR count). The maximum Gasteiger partial charge on any atom is 0.573 e. The topological polar surface area (TPSA) is 137 Å². The van der Waals surface area contributed by atoms with Gasteiger partial charge in [-0.3, -0.25) is 19.4 Å². The zero-order valence-electron chi connectivity index (χ0n) is 25.5. The summed E-state index contributed by atoms with van der Waals surface area (Å²) in [5.41, 5.74) is 1.91. The third kappa shape index (κ3) is 7.09. The predicted octanol–water partition coefficient (Wildman–Crippen LogP) is 3.55. The summed E-state index contributed by atoms with van der Waals surface area (Å²) in [5, 5.41) is 6.52. The fourth-order valence-electron chi connectivity index (χ4n) is 6.09. The second-order valence-electron chi connectivity index (χ2n) is 11.7. The van der Waals surface area contributed by atoms with E-state index in [-0.39, 0.29) is 55.2 Å². The molecule has 0 saturated carbocycles. The molecule has 3 aliphatic heterocycles. The van der Waals surface area contributed by atoms with E-state index in [0.29, 0.717) is 30.6 Å². The standard InChI is InChI=1S/C31H34F3N5O6S/c1-19-15-24(39-23(7-8-27(39)41)18-35-21(3)40)16-20(2)26(19)9-14-46(43,44)38-12-10-30(11-13-38)29(42)36-28(37-30)22-5-4-6-25(17-22)45-31(32,33)34/h4-6,9,14-17,23H,7-8,10-13,18H2,1-3H3,(H,35,40)(H,36,37,42)/b14-9+/t23-/m1/s1. The van der Waals surface area contributed by atoms with Crippen molar-refractivity contribution in [2.45, 2.75) is 64.4 Å². The van der Waals surface area contributed by atoms with E-state index in [0.717, 1.165) is 28.7 Å². The van der Waals surface area contributed by atoms with E-state index in [2.05, 4.69) is 20.4 Å². The van der Waals surface area contributed by atoms with Gasteiger partial charge in [-0.1, -0.05) is 12.1 Å². The highest BCUT2D eigenvalue weighted by molar-refractivity contribution is 7.92. The number of amidine groups is 1. The molecule has 2 aromatic rings. The minimum atomic E-state index is -4.87. The first-order valence-corrected chi connectivity index (χ1v) is 16.2. The van der Waals surface area contributed by atoms with Crippen LogP contribution in [0.4, 0.5) is 18.9 Å². The van der Waals surface area contributed by atoms with Crippen molar-refractivity contribution >= 4 is 45.3 Å². The van der Waals surface area contributed by atoms with Crippen LogP contribution in [-0.4, -0.2) is 73.9 Å². The number of amides is 3. The number of carbonyl (C=O) groups is 3. The number of rotatable bonds is 8. The van der Waals surface area contributed by atoms with E-state index < -0.39 is 33.6 Å². The van der Waals surface area contributed by atoms with Gasteiger partial charge >= 0.3 is 6.36 Å². The van der Waals surface area contributed by atoms with E-state index in [9.17, 15) is 36.0 Å². The third-order valence-electron chi connectivity index (χ3n) is 8.41. The molecule has 46 heavy (non-hydrogen) atoms. The van der Waals surface area contributed by atoms with Crippen molar-refractivity contribution in [3.63, 3.8) is 0 Å². The second-order valence-corrected chi connectivity index (χ2v) is 13.5. The Bertz CT molecular complexity index is 1710. The van der Waals surface area contributed by atoms with Crippen LogP contribution in [-0.2, 0) is 24.4 Å². The maximum absolute atomic E-state index is 13.3. The molecule has 15 heteroatoms. The molecule has 3 aliphatic rings. The Morgan fingerprint density at radius 3 is 2.46 bits per heavy atom. The van der Waals surface area contributed by atoms with Crippen molar-refractivity contribution in [3.05, 3.63) is 64.1 Å². The predicted molar refractivity (Wildman–Crippen MR) is 164 cm³/mol. The van der Waals surface area contributed by atoms with Gasteiger partial charge in [0.2, 0.25) is 21.8 Å². The van der Waals surface area contributed by atoms with Crippen molar-refractivity contribution in [3.8, 4) is 5.75 Å². The molecule has 0 aliphatic carbocycles.